The number of ether oxygens (including phenoxy) is 1. The van der Waals surface area contributed by atoms with Gasteiger partial charge >= 0.3 is 0 Å². The Hall–Kier alpha value is -1.02. The quantitative estimate of drug-likeness (QED) is 0.873. The Kier molecular flexibility index (Phi) is 4.65. The molecule has 1 aromatic carbocycles. The van der Waals surface area contributed by atoms with Crippen molar-refractivity contribution >= 4 is 0 Å². The summed E-state index contributed by atoms with van der Waals surface area (Å²) in [7, 11) is 1.72. The molecule has 1 fully saturated rings. The molecule has 1 unspecified atom stereocenters. The zero-order chi connectivity index (χ0) is 13.0. The fourth-order valence-electron chi connectivity index (χ4n) is 3.05. The van der Waals surface area contributed by atoms with Crippen molar-refractivity contribution in [2.24, 2.45) is 11.7 Å². The van der Waals surface area contributed by atoms with Crippen molar-refractivity contribution in [2.45, 2.75) is 51.5 Å². The molecule has 100 valence electrons. The van der Waals surface area contributed by atoms with Crippen LogP contribution in [0.3, 0.4) is 0 Å². The summed E-state index contributed by atoms with van der Waals surface area (Å²) in [4.78, 5) is 0. The van der Waals surface area contributed by atoms with Crippen LogP contribution in [0.5, 0.6) is 5.75 Å². The van der Waals surface area contributed by atoms with Gasteiger partial charge in [-0.1, -0.05) is 49.8 Å². The van der Waals surface area contributed by atoms with Crippen molar-refractivity contribution in [1.29, 1.82) is 0 Å². The summed E-state index contributed by atoms with van der Waals surface area (Å²) in [5.74, 6) is 1.74. The smallest absolute Gasteiger partial charge is 0.123 e. The predicted molar refractivity (Wildman–Crippen MR) is 75.9 cm³/mol. The maximum Gasteiger partial charge on any atom is 0.123 e. The molecule has 0 heterocycles. The Morgan fingerprint density at radius 1 is 1.28 bits per heavy atom. The monoisotopic (exact) mass is 247 g/mol. The summed E-state index contributed by atoms with van der Waals surface area (Å²) in [5, 5.41) is 0. The molecule has 2 N–H and O–H groups in total. The molecule has 1 atom stereocenters. The molecule has 2 rings (SSSR count). The molecule has 2 heteroatoms. The van der Waals surface area contributed by atoms with Crippen LogP contribution in [-0.2, 0) is 0 Å². The van der Waals surface area contributed by atoms with Crippen molar-refractivity contribution in [1.82, 2.24) is 0 Å². The van der Waals surface area contributed by atoms with Crippen molar-refractivity contribution in [3.63, 3.8) is 0 Å². The number of rotatable bonds is 4. The van der Waals surface area contributed by atoms with Crippen molar-refractivity contribution in [3.05, 3.63) is 29.3 Å². The summed E-state index contributed by atoms with van der Waals surface area (Å²) in [6, 6.07) is 6.40. The highest BCUT2D eigenvalue weighted by atomic mass is 16.5. The summed E-state index contributed by atoms with van der Waals surface area (Å²) >= 11 is 0. The lowest BCUT2D eigenvalue weighted by Gasteiger charge is -2.25. The number of hydrogen-bond acceptors (Lipinski definition) is 2. The summed E-state index contributed by atoms with van der Waals surface area (Å²) in [5.41, 5.74) is 8.82. The van der Waals surface area contributed by atoms with E-state index in [1.54, 1.807) is 7.11 Å². The van der Waals surface area contributed by atoms with Crippen LogP contribution in [0.4, 0.5) is 0 Å². The first-order valence-corrected chi connectivity index (χ1v) is 7.11. The van der Waals surface area contributed by atoms with E-state index >= 15 is 0 Å². The lowest BCUT2D eigenvalue weighted by atomic mass is 9.83. The Morgan fingerprint density at radius 3 is 2.67 bits per heavy atom. The molecule has 0 radical (unpaired) electrons. The van der Waals surface area contributed by atoms with Gasteiger partial charge in [0.05, 0.1) is 7.11 Å². The second-order valence-electron chi connectivity index (χ2n) is 5.59. The van der Waals surface area contributed by atoms with E-state index in [9.17, 15) is 0 Å². The third-order valence-electron chi connectivity index (χ3n) is 4.10. The molecule has 0 saturated heterocycles. The zero-order valence-corrected chi connectivity index (χ0v) is 11.6. The fraction of sp³-hybridized carbons (Fsp3) is 0.625. The maximum atomic E-state index is 6.39. The number of methoxy groups -OCH3 is 1. The molecular weight excluding hydrogens is 222 g/mol. The first-order chi connectivity index (χ1) is 8.70. The highest BCUT2D eigenvalue weighted by molar-refractivity contribution is 5.39. The van der Waals surface area contributed by atoms with Crippen LogP contribution in [0.15, 0.2) is 18.2 Å². The van der Waals surface area contributed by atoms with Gasteiger partial charge in [0.1, 0.15) is 5.75 Å². The van der Waals surface area contributed by atoms with E-state index in [0.717, 1.165) is 18.1 Å². The van der Waals surface area contributed by atoms with Gasteiger partial charge in [0.15, 0.2) is 0 Å². The van der Waals surface area contributed by atoms with E-state index in [1.807, 2.05) is 6.07 Å². The van der Waals surface area contributed by atoms with Crippen molar-refractivity contribution < 1.29 is 4.74 Å². The highest BCUT2D eigenvalue weighted by Gasteiger charge is 2.19. The third kappa shape index (κ3) is 3.26. The van der Waals surface area contributed by atoms with Crippen molar-refractivity contribution in [3.8, 4) is 5.75 Å². The van der Waals surface area contributed by atoms with Crippen LogP contribution < -0.4 is 10.5 Å². The van der Waals surface area contributed by atoms with Gasteiger partial charge in [-0.05, 0) is 25.3 Å². The second-order valence-corrected chi connectivity index (χ2v) is 5.59. The molecule has 2 nitrogen and oxygen atoms in total. The predicted octanol–water partition coefficient (Wildman–Crippen LogP) is 3.97. The first kappa shape index (κ1) is 13.4. The molecule has 0 spiro atoms. The average Bonchev–Trinajstić information content (AvgIpc) is 2.40. The van der Waals surface area contributed by atoms with E-state index in [2.05, 4.69) is 19.1 Å². The molecule has 0 amide bonds. The SMILES string of the molecule is COc1ccc(C)cc1C(N)CC1CCCCC1. The first-order valence-electron chi connectivity index (χ1n) is 7.11. The number of hydrogen-bond donors (Lipinski definition) is 1. The molecule has 1 aromatic rings. The second kappa shape index (κ2) is 6.24. The van der Waals surface area contributed by atoms with Crippen LogP contribution in [0, 0.1) is 12.8 Å². The van der Waals surface area contributed by atoms with Crippen LogP contribution in [0.2, 0.25) is 0 Å². The molecule has 1 saturated carbocycles. The summed E-state index contributed by atoms with van der Waals surface area (Å²) in [6.07, 6.45) is 7.95. The minimum absolute atomic E-state index is 0.114. The average molecular weight is 247 g/mol. The fourth-order valence-corrected chi connectivity index (χ4v) is 3.05. The Morgan fingerprint density at radius 2 is 2.00 bits per heavy atom. The van der Waals surface area contributed by atoms with Gasteiger partial charge in [0.2, 0.25) is 0 Å². The zero-order valence-electron chi connectivity index (χ0n) is 11.6. The van der Waals surface area contributed by atoms with Crippen LogP contribution >= 0.6 is 0 Å². The van der Waals surface area contributed by atoms with Gasteiger partial charge in [-0.3, -0.25) is 0 Å². The number of benzene rings is 1. The Bertz CT molecular complexity index is 383. The largest absolute Gasteiger partial charge is 0.496 e. The minimum Gasteiger partial charge on any atom is -0.496 e. The standard InChI is InChI=1S/C16H25NO/c1-12-8-9-16(18-2)14(10-12)15(17)11-13-6-4-3-5-7-13/h8-10,13,15H,3-7,11,17H2,1-2H3. The number of nitrogens with two attached hydrogens (primary N) is 1. The van der Waals surface area contributed by atoms with Crippen molar-refractivity contribution in [2.75, 3.05) is 7.11 Å². The number of aryl methyl sites for hydroxylation is 1. The lowest BCUT2D eigenvalue weighted by molar-refractivity contribution is 0.315. The molecule has 0 aromatic heterocycles. The van der Waals surface area contributed by atoms with Gasteiger partial charge < -0.3 is 10.5 Å². The van der Waals surface area contributed by atoms with Crippen LogP contribution in [0.1, 0.15) is 55.7 Å². The van der Waals surface area contributed by atoms with Gasteiger partial charge in [-0.25, -0.2) is 0 Å². The Labute approximate surface area is 111 Å². The Balaban J connectivity index is 2.07. The molecule has 18 heavy (non-hydrogen) atoms. The van der Waals surface area contributed by atoms with Gasteiger partial charge in [0, 0.05) is 11.6 Å². The molecule has 1 aliphatic rings. The molecule has 0 aliphatic heterocycles. The normalized spacial score (nSPS) is 18.6. The summed E-state index contributed by atoms with van der Waals surface area (Å²) in [6.45, 7) is 2.11. The summed E-state index contributed by atoms with van der Waals surface area (Å²) < 4.78 is 5.43. The molecule has 0 bridgehead atoms. The molecular formula is C16H25NO. The van der Waals surface area contributed by atoms with Gasteiger partial charge in [-0.15, -0.1) is 0 Å². The van der Waals surface area contributed by atoms with Crippen LogP contribution in [0.25, 0.3) is 0 Å². The topological polar surface area (TPSA) is 35.2 Å². The van der Waals surface area contributed by atoms with E-state index in [4.69, 9.17) is 10.5 Å². The highest BCUT2D eigenvalue weighted by Crippen LogP contribution is 2.34. The third-order valence-corrected chi connectivity index (χ3v) is 4.10. The minimum atomic E-state index is 0.114. The lowest BCUT2D eigenvalue weighted by Crippen LogP contribution is -2.18. The van der Waals surface area contributed by atoms with E-state index in [1.165, 1.54) is 43.2 Å². The van der Waals surface area contributed by atoms with Gasteiger partial charge in [0.25, 0.3) is 0 Å². The van der Waals surface area contributed by atoms with E-state index in [0.29, 0.717) is 0 Å². The van der Waals surface area contributed by atoms with Crippen LogP contribution in [-0.4, -0.2) is 7.11 Å². The van der Waals surface area contributed by atoms with E-state index in [-0.39, 0.29) is 6.04 Å². The molecule has 1 aliphatic carbocycles. The maximum absolute atomic E-state index is 6.39. The van der Waals surface area contributed by atoms with Gasteiger partial charge in [-0.2, -0.15) is 0 Å². The van der Waals surface area contributed by atoms with E-state index < -0.39 is 0 Å².